The summed E-state index contributed by atoms with van der Waals surface area (Å²) in [5.41, 5.74) is -4.29. The number of fused-ring (bicyclic) bond motifs is 21. The summed E-state index contributed by atoms with van der Waals surface area (Å²) in [7, 11) is 0. The molecule has 22 aromatic rings. The molecule has 678 valence electrons. The van der Waals surface area contributed by atoms with Crippen LogP contribution in [0.15, 0.2) is 340 Å². The van der Waals surface area contributed by atoms with Crippen molar-refractivity contribution in [1.29, 1.82) is 0 Å². The van der Waals surface area contributed by atoms with Gasteiger partial charge in [-0.3, -0.25) is 0 Å². The van der Waals surface area contributed by atoms with Crippen molar-refractivity contribution in [2.75, 3.05) is 29.4 Å². The lowest BCUT2D eigenvalue weighted by Gasteiger charge is -2.48. The van der Waals surface area contributed by atoms with E-state index in [1.54, 1.807) is 109 Å². The largest absolute Gasteiger partial charge is 0.309 e. The number of halogens is 16. The predicted molar refractivity (Wildman–Crippen MR) is 531 cm³/mol. The van der Waals surface area contributed by atoms with Crippen LogP contribution in [0, 0.1) is 93.1 Å². The lowest BCUT2D eigenvalue weighted by molar-refractivity contribution is 0.584. The number of aromatic nitrogens is 3. The van der Waals surface area contributed by atoms with Gasteiger partial charge in [0, 0.05) is 101 Å². The maximum Gasteiger partial charge on any atom is 0.252 e. The molecule has 0 aliphatic carbocycles. The highest BCUT2D eigenvalue weighted by Gasteiger charge is 2.54. The maximum atomic E-state index is 18.9. The van der Waals surface area contributed by atoms with Crippen LogP contribution in [-0.4, -0.2) is 33.8 Å². The Labute approximate surface area is 795 Å². The third kappa shape index (κ3) is 11.2. The lowest BCUT2D eigenvalue weighted by Crippen LogP contribution is -2.67. The van der Waals surface area contributed by atoms with Gasteiger partial charge in [-0.2, -0.15) is 0 Å². The summed E-state index contributed by atoms with van der Waals surface area (Å²) in [6, 6.07) is 79.0. The minimum atomic E-state index is -1.54. The molecule has 0 saturated heterocycles. The highest BCUT2D eigenvalue weighted by Crippen LogP contribution is 2.57. The van der Waals surface area contributed by atoms with Crippen LogP contribution >= 0.6 is 0 Å². The zero-order valence-electron chi connectivity index (χ0n) is 73.1. The molecular formula is C114H56B3F16N9. The second-order valence-corrected chi connectivity index (χ2v) is 36.1. The van der Waals surface area contributed by atoms with E-state index < -0.39 is 147 Å². The van der Waals surface area contributed by atoms with E-state index in [9.17, 15) is 0 Å². The number of rotatable bonds is 9. The van der Waals surface area contributed by atoms with E-state index in [1.165, 1.54) is 99.2 Å². The quantitative estimate of drug-likeness (QED) is 0.106. The Balaban J connectivity index is 0.813. The van der Waals surface area contributed by atoms with Gasteiger partial charge in [0.1, 0.15) is 127 Å². The van der Waals surface area contributed by atoms with Crippen molar-refractivity contribution >= 4 is 237 Å². The first-order valence-corrected chi connectivity index (χ1v) is 45.4. The zero-order valence-corrected chi connectivity index (χ0v) is 73.1. The van der Waals surface area contributed by atoms with Crippen molar-refractivity contribution in [2.24, 2.45) is 0 Å². The van der Waals surface area contributed by atoms with Gasteiger partial charge < -0.3 is 43.1 Å². The normalized spacial score (nSPS) is 13.5. The van der Waals surface area contributed by atoms with Gasteiger partial charge in [-0.1, -0.05) is 170 Å². The Hall–Kier alpha value is -17.5. The van der Waals surface area contributed by atoms with Gasteiger partial charge in [-0.15, -0.1) is 0 Å². The van der Waals surface area contributed by atoms with Crippen molar-refractivity contribution in [1.82, 2.24) is 13.7 Å². The second kappa shape index (κ2) is 30.0. The Morgan fingerprint density at radius 2 is 0.345 bits per heavy atom. The summed E-state index contributed by atoms with van der Waals surface area (Å²) in [6.07, 6.45) is 0. The highest BCUT2D eigenvalue weighted by molar-refractivity contribution is 7.05. The fourth-order valence-corrected chi connectivity index (χ4v) is 23.7. The summed E-state index contributed by atoms with van der Waals surface area (Å²) < 4.78 is 296. The van der Waals surface area contributed by atoms with E-state index in [0.717, 1.165) is 133 Å². The van der Waals surface area contributed by atoms with Crippen molar-refractivity contribution < 1.29 is 70.2 Å². The third-order valence-corrected chi connectivity index (χ3v) is 29.0. The molecule has 3 aromatic heterocycles. The molecule has 0 fully saturated rings. The van der Waals surface area contributed by atoms with Crippen LogP contribution in [-0.2, 0) is 0 Å². The van der Waals surface area contributed by atoms with Gasteiger partial charge in [0.2, 0.25) is 0 Å². The van der Waals surface area contributed by atoms with Crippen LogP contribution in [0.3, 0.4) is 0 Å². The number of benzene rings is 19. The van der Waals surface area contributed by atoms with Crippen molar-refractivity contribution in [2.45, 2.75) is 0 Å². The first kappa shape index (κ1) is 82.7. The Bertz CT molecular complexity index is 8730. The molecule has 0 unspecified atom stereocenters. The fraction of sp³-hybridized carbons (Fsp3) is 0. The highest BCUT2D eigenvalue weighted by atomic mass is 19.2. The Kier molecular flexibility index (Phi) is 17.5. The molecule has 19 aromatic carbocycles. The fourth-order valence-electron chi connectivity index (χ4n) is 23.7. The molecule has 9 heterocycles. The minimum absolute atomic E-state index is 0.0542. The summed E-state index contributed by atoms with van der Waals surface area (Å²) in [4.78, 5) is 7.57. The number of anilines is 18. The molecule has 0 amide bonds. The van der Waals surface area contributed by atoms with Crippen molar-refractivity contribution in [3.8, 4) is 17.1 Å². The molecule has 6 aliphatic heterocycles. The summed E-state index contributed by atoms with van der Waals surface area (Å²) >= 11 is 0. The molecular weight excluding hydrogens is 1830 g/mol. The van der Waals surface area contributed by atoms with Crippen LogP contribution in [0.4, 0.5) is 173 Å². The lowest BCUT2D eigenvalue weighted by atomic mass is 9.29. The van der Waals surface area contributed by atoms with E-state index >= 15 is 70.2 Å². The molecule has 0 saturated carbocycles. The maximum absolute atomic E-state index is 18.9. The zero-order chi connectivity index (χ0) is 96.0. The summed E-state index contributed by atoms with van der Waals surface area (Å²) in [5, 5.41) is 2.26. The van der Waals surface area contributed by atoms with Gasteiger partial charge in [0.15, 0.2) is 0 Å². The average molecular weight is 1890 g/mol. The smallest absolute Gasteiger partial charge is 0.252 e. The second-order valence-electron chi connectivity index (χ2n) is 36.1. The van der Waals surface area contributed by atoms with Gasteiger partial charge in [-0.05, 0) is 219 Å². The molecule has 28 heteroatoms. The Morgan fingerprint density at radius 3 is 0.606 bits per heavy atom. The monoisotopic (exact) mass is 1890 g/mol. The molecule has 9 nitrogen and oxygen atoms in total. The number of nitrogens with zero attached hydrogens (tertiary/aromatic N) is 9. The predicted octanol–water partition coefficient (Wildman–Crippen LogP) is 25.5. The van der Waals surface area contributed by atoms with Crippen LogP contribution in [0.2, 0.25) is 0 Å². The van der Waals surface area contributed by atoms with E-state index in [2.05, 4.69) is 0 Å². The van der Waals surface area contributed by atoms with E-state index in [-0.39, 0.29) is 178 Å². The Morgan fingerprint density at radius 1 is 0.148 bits per heavy atom. The van der Waals surface area contributed by atoms with Crippen LogP contribution < -0.4 is 78.6 Å². The van der Waals surface area contributed by atoms with E-state index in [1.807, 2.05) is 41.0 Å². The topological polar surface area (TPSA) is 34.2 Å². The van der Waals surface area contributed by atoms with E-state index in [0.29, 0.717) is 21.8 Å². The number of para-hydroxylation sites is 14. The molecule has 6 aliphatic rings. The summed E-state index contributed by atoms with van der Waals surface area (Å²) in [5.74, 6) is -17.5. The number of hydrogen-bond acceptors (Lipinski definition) is 6. The number of hydrogen-bond donors (Lipinski definition) is 0. The molecule has 0 N–H and O–H groups in total. The first-order chi connectivity index (χ1) is 69.2. The minimum Gasteiger partial charge on any atom is -0.309 e. The average Bonchev–Trinajstić information content (AvgIpc) is 0.740. The molecule has 142 heavy (non-hydrogen) atoms. The van der Waals surface area contributed by atoms with Crippen LogP contribution in [0.1, 0.15) is 0 Å². The molecule has 0 spiro atoms. The molecule has 0 radical (unpaired) electrons. The van der Waals surface area contributed by atoms with Gasteiger partial charge in [0.05, 0.1) is 50.2 Å². The van der Waals surface area contributed by atoms with Crippen molar-refractivity contribution in [3.63, 3.8) is 0 Å². The molecule has 0 atom stereocenters. The molecule has 28 rings (SSSR count). The van der Waals surface area contributed by atoms with Gasteiger partial charge in [0.25, 0.3) is 20.1 Å². The summed E-state index contributed by atoms with van der Waals surface area (Å²) in [6.45, 7) is -4.22. The molecule has 0 bridgehead atoms. The van der Waals surface area contributed by atoms with Gasteiger partial charge >= 0.3 is 0 Å². The van der Waals surface area contributed by atoms with Gasteiger partial charge in [-0.25, -0.2) is 70.2 Å². The van der Waals surface area contributed by atoms with Crippen molar-refractivity contribution in [3.05, 3.63) is 433 Å². The SMILES string of the molecule is Fc1cccc(F)c1N1c2cc3c(cc2B2c4cc5c(cc4N(c4c(F)cccc4F)c4cc(-n6c7ccccc7c7ccccc76)cc1c42)N(c1c(F)cccc1F)c1cc(-n2c4c(F)cccc4c4cccc(F)c42)cc2c1B5c1ccccc1N2c1c(F)cccc1F)B1c2ccccc2N(c2c(F)cccc2F)c2cc(-n4c5c(F)cccc5c5cccc(F)c54)cc(c21)N3c1c(F)cccc1F. The van der Waals surface area contributed by atoms with E-state index in [4.69, 9.17) is 0 Å². The van der Waals surface area contributed by atoms with Crippen LogP contribution in [0.25, 0.3) is 82.5 Å². The standard InChI is InChI=1S/C114H56B3F16N9/c118-72-27-9-21-62-63-22-10-28-73(119)106(63)135(105(62)72)58-49-96-102-100(51-58)139(111-80(126)35-15-36-81(111)127)92-55-94-70(53-68(92)115(102)66-25-3-7-45-90(66)137(96)109-76(122)31-13-32-77(109)123)117-71-54-69-93(56-95(71)142(114-86(132)41-18-42-87(114)133)99-48-57(47-98(104(99)117)141(94)113-84(130)39-17-40-85(113)131)134-88-43-5-1-19-60(88)61-20-2-6-44-89(61)134)140(112-82(128)37-16-38-83(112)129)101-52-59(136-107-64(23-11-29-74(107)120)65-24-12-30-75(121)108(65)136)50-97-103(101)116(69)67-26-4-8-46-91(67)138(97)110-78(124)33-14-34-79(110)125/h1-56H. The first-order valence-electron chi connectivity index (χ1n) is 45.4. The van der Waals surface area contributed by atoms with Crippen LogP contribution in [0.5, 0.6) is 0 Å². The third-order valence-electron chi connectivity index (χ3n) is 29.0.